The molecule has 1 aromatic carbocycles. The van der Waals surface area contributed by atoms with Crippen molar-refractivity contribution in [1.29, 1.82) is 0 Å². The number of amides is 3. The van der Waals surface area contributed by atoms with E-state index in [9.17, 15) is 31.9 Å². The lowest BCUT2D eigenvalue weighted by atomic mass is 9.90. The number of benzene rings is 1. The second-order valence-electron chi connectivity index (χ2n) is 7.65. The Morgan fingerprint density at radius 1 is 1.18 bits per heavy atom. The fourth-order valence-electron chi connectivity index (χ4n) is 3.61. The maximum Gasteiger partial charge on any atom is 0.574 e. The molecular formula is C21H20F4N4O4. The Hall–Kier alpha value is -3.70. The van der Waals surface area contributed by atoms with E-state index in [1.165, 1.54) is 29.2 Å². The average molecular weight is 468 g/mol. The summed E-state index contributed by atoms with van der Waals surface area (Å²) in [6, 6.07) is 5.97. The van der Waals surface area contributed by atoms with Gasteiger partial charge in [0.1, 0.15) is 11.4 Å². The zero-order chi connectivity index (χ0) is 24.3. The number of pyridine rings is 1. The Labute approximate surface area is 185 Å². The van der Waals surface area contributed by atoms with Gasteiger partial charge in [-0.05, 0) is 42.5 Å². The smallest absolute Gasteiger partial charge is 0.387 e. The monoisotopic (exact) mass is 468 g/mol. The molecule has 176 valence electrons. The Balaban J connectivity index is 1.80. The highest BCUT2D eigenvalue weighted by molar-refractivity contribution is 6.39. The Bertz CT molecular complexity index is 1060. The molecule has 1 aromatic heterocycles. The van der Waals surface area contributed by atoms with E-state index in [4.69, 9.17) is 5.73 Å². The van der Waals surface area contributed by atoms with E-state index in [1.54, 1.807) is 0 Å². The Kier molecular flexibility index (Phi) is 6.84. The number of aromatic nitrogens is 1. The first kappa shape index (κ1) is 24.0. The summed E-state index contributed by atoms with van der Waals surface area (Å²) in [6.45, 7) is 2.19. The van der Waals surface area contributed by atoms with Crippen molar-refractivity contribution in [1.82, 2.24) is 9.88 Å². The van der Waals surface area contributed by atoms with E-state index < -0.39 is 47.4 Å². The molecule has 12 heteroatoms. The fraction of sp³-hybridized carbons (Fsp3) is 0.333. The summed E-state index contributed by atoms with van der Waals surface area (Å²) >= 11 is 0. The molecule has 2 aromatic rings. The number of nitrogens with two attached hydrogens (primary N) is 1. The van der Waals surface area contributed by atoms with Crippen molar-refractivity contribution in [2.45, 2.75) is 32.2 Å². The molecule has 0 unspecified atom stereocenters. The van der Waals surface area contributed by atoms with Gasteiger partial charge in [-0.25, -0.2) is 9.37 Å². The first-order valence-electron chi connectivity index (χ1n) is 9.87. The number of nitrogens with one attached hydrogen (secondary N) is 1. The second-order valence-corrected chi connectivity index (χ2v) is 7.65. The van der Waals surface area contributed by atoms with Crippen LogP contribution >= 0.6 is 0 Å². The molecule has 2 heterocycles. The number of likely N-dealkylation sites (tertiary alicyclic amines) is 1. The number of piperidine rings is 1. The molecule has 8 nitrogen and oxygen atoms in total. The van der Waals surface area contributed by atoms with Crippen LogP contribution in [0.25, 0.3) is 0 Å². The number of halogens is 4. The van der Waals surface area contributed by atoms with Crippen LogP contribution in [0.3, 0.4) is 0 Å². The molecule has 3 N–H and O–H groups in total. The molecular weight excluding hydrogens is 448 g/mol. The first-order valence-corrected chi connectivity index (χ1v) is 9.87. The number of alkyl halides is 3. The fourth-order valence-corrected chi connectivity index (χ4v) is 3.61. The number of carbonyl (C=O) groups is 3. The van der Waals surface area contributed by atoms with Crippen LogP contribution in [0.2, 0.25) is 0 Å². The largest absolute Gasteiger partial charge is 0.574 e. The van der Waals surface area contributed by atoms with E-state index in [1.807, 2.05) is 6.92 Å². The summed E-state index contributed by atoms with van der Waals surface area (Å²) < 4.78 is 54.4. The van der Waals surface area contributed by atoms with Crippen LogP contribution in [0.1, 0.15) is 41.7 Å². The molecule has 2 atom stereocenters. The predicted octanol–water partition coefficient (Wildman–Crippen LogP) is 3.16. The number of hydrogen-bond donors (Lipinski definition) is 2. The van der Waals surface area contributed by atoms with Crippen molar-refractivity contribution in [2.75, 3.05) is 11.9 Å². The summed E-state index contributed by atoms with van der Waals surface area (Å²) in [7, 11) is 0. The highest BCUT2D eigenvalue weighted by Crippen LogP contribution is 2.33. The van der Waals surface area contributed by atoms with Crippen molar-refractivity contribution in [3.05, 3.63) is 53.5 Å². The molecule has 3 amide bonds. The van der Waals surface area contributed by atoms with Gasteiger partial charge in [0, 0.05) is 6.54 Å². The molecule has 1 aliphatic heterocycles. The highest BCUT2D eigenvalue weighted by atomic mass is 19.4. The molecule has 33 heavy (non-hydrogen) atoms. The number of ether oxygens (including phenoxy) is 1. The van der Waals surface area contributed by atoms with Crippen LogP contribution in [0, 0.1) is 11.7 Å². The third-order valence-electron chi connectivity index (χ3n) is 5.11. The highest BCUT2D eigenvalue weighted by Gasteiger charge is 2.35. The van der Waals surface area contributed by atoms with Crippen molar-refractivity contribution < 1.29 is 36.7 Å². The minimum absolute atomic E-state index is 0.111. The van der Waals surface area contributed by atoms with Gasteiger partial charge >= 0.3 is 18.2 Å². The van der Waals surface area contributed by atoms with Crippen LogP contribution in [-0.4, -0.2) is 40.5 Å². The van der Waals surface area contributed by atoms with Gasteiger partial charge in [0.2, 0.25) is 5.88 Å². The molecule has 1 saturated heterocycles. The zero-order valence-corrected chi connectivity index (χ0v) is 17.4. The molecule has 1 fully saturated rings. The Morgan fingerprint density at radius 3 is 2.45 bits per heavy atom. The summed E-state index contributed by atoms with van der Waals surface area (Å²) in [6.07, 6.45) is -2.96. The van der Waals surface area contributed by atoms with E-state index in [-0.39, 0.29) is 18.2 Å². The van der Waals surface area contributed by atoms with Gasteiger partial charge in [0.25, 0.3) is 5.91 Å². The van der Waals surface area contributed by atoms with Crippen LogP contribution in [0.5, 0.6) is 5.88 Å². The van der Waals surface area contributed by atoms with E-state index in [0.29, 0.717) is 12.0 Å². The van der Waals surface area contributed by atoms with Gasteiger partial charge < -0.3 is 20.7 Å². The third kappa shape index (κ3) is 5.96. The van der Waals surface area contributed by atoms with Crippen molar-refractivity contribution >= 4 is 23.4 Å². The quantitative estimate of drug-likeness (QED) is 0.529. The van der Waals surface area contributed by atoms with Crippen molar-refractivity contribution in [3.63, 3.8) is 0 Å². The maximum atomic E-state index is 13.3. The summed E-state index contributed by atoms with van der Waals surface area (Å²) in [5.41, 5.74) is 4.79. The normalized spacial score (nSPS) is 18.5. The van der Waals surface area contributed by atoms with Crippen molar-refractivity contribution in [2.24, 2.45) is 11.7 Å². The number of anilines is 1. The molecule has 0 spiro atoms. The number of hydrogen-bond acceptors (Lipinski definition) is 5. The van der Waals surface area contributed by atoms with Crippen molar-refractivity contribution in [3.8, 4) is 5.88 Å². The van der Waals surface area contributed by atoms with Crippen LogP contribution < -0.4 is 15.8 Å². The minimum Gasteiger partial charge on any atom is -0.387 e. The second kappa shape index (κ2) is 9.43. The van der Waals surface area contributed by atoms with Gasteiger partial charge in [-0.3, -0.25) is 14.4 Å². The third-order valence-corrected chi connectivity index (χ3v) is 5.11. The van der Waals surface area contributed by atoms with E-state index >= 15 is 0 Å². The first-order chi connectivity index (χ1) is 15.4. The number of nitrogens with zero attached hydrogens (tertiary/aromatic N) is 2. The lowest BCUT2D eigenvalue weighted by molar-refractivity contribution is -0.276. The van der Waals surface area contributed by atoms with E-state index in [2.05, 4.69) is 15.0 Å². The van der Waals surface area contributed by atoms with Gasteiger partial charge in [-0.15, -0.1) is 13.2 Å². The molecule has 0 radical (unpaired) electrons. The van der Waals surface area contributed by atoms with Crippen LogP contribution in [-0.2, 0) is 9.59 Å². The number of carbonyl (C=O) groups excluding carboxylic acids is 3. The van der Waals surface area contributed by atoms with Gasteiger partial charge in [0.15, 0.2) is 0 Å². The zero-order valence-electron chi connectivity index (χ0n) is 17.4. The van der Waals surface area contributed by atoms with Crippen LogP contribution in [0.4, 0.5) is 23.2 Å². The van der Waals surface area contributed by atoms with Crippen LogP contribution in [0.15, 0.2) is 36.5 Å². The molecule has 1 aliphatic rings. The SMILES string of the molecule is C[C@@H]1CC[C@@H](c2ccc(F)cc2)N(C(=O)C(=O)Nc2cnc(OC(F)(F)F)c(C(N)=O)c2)C1. The van der Waals surface area contributed by atoms with E-state index in [0.717, 1.165) is 18.7 Å². The summed E-state index contributed by atoms with van der Waals surface area (Å²) in [4.78, 5) is 41.8. The number of primary amides is 1. The molecule has 0 aliphatic carbocycles. The van der Waals surface area contributed by atoms with Gasteiger partial charge in [-0.2, -0.15) is 0 Å². The predicted molar refractivity (Wildman–Crippen MR) is 107 cm³/mol. The van der Waals surface area contributed by atoms with Gasteiger partial charge in [-0.1, -0.05) is 19.1 Å². The topological polar surface area (TPSA) is 115 Å². The standard InChI is InChI=1S/C21H20F4N4O4/c1-11-2-7-16(12-3-5-13(22)6-4-12)29(10-11)20(32)18(31)28-14-8-15(17(26)30)19(27-9-14)33-21(23,24)25/h3-6,8-9,11,16H,2,7,10H2,1H3,(H2,26,30)(H,28,31)/t11-,16+/m1/s1. The molecule has 3 rings (SSSR count). The summed E-state index contributed by atoms with van der Waals surface area (Å²) in [5.74, 6) is -4.66. The average Bonchev–Trinajstić information content (AvgIpc) is 2.73. The van der Waals surface area contributed by atoms with Gasteiger partial charge in [0.05, 0.1) is 17.9 Å². The lowest BCUT2D eigenvalue weighted by Crippen LogP contribution is -2.46. The molecule has 0 saturated carbocycles. The maximum absolute atomic E-state index is 13.3. The Morgan fingerprint density at radius 2 is 1.85 bits per heavy atom. The number of rotatable bonds is 4. The minimum atomic E-state index is -5.11. The summed E-state index contributed by atoms with van der Waals surface area (Å²) in [5, 5.41) is 2.22. The molecule has 0 bridgehead atoms. The lowest BCUT2D eigenvalue weighted by Gasteiger charge is -2.38.